The first-order chi connectivity index (χ1) is 5.80. The SMILES string of the molecule is CCO/C(C)=C(\Cl)C(=O)C(F)(F)F. The van der Waals surface area contributed by atoms with E-state index in [0.29, 0.717) is 0 Å². The van der Waals surface area contributed by atoms with Crippen molar-refractivity contribution >= 4 is 17.4 Å². The van der Waals surface area contributed by atoms with Gasteiger partial charge in [0.25, 0.3) is 5.78 Å². The van der Waals surface area contributed by atoms with E-state index in [-0.39, 0.29) is 12.4 Å². The van der Waals surface area contributed by atoms with Crippen molar-refractivity contribution in [2.45, 2.75) is 20.0 Å². The van der Waals surface area contributed by atoms with E-state index in [1.807, 2.05) is 0 Å². The van der Waals surface area contributed by atoms with Gasteiger partial charge in [-0.2, -0.15) is 13.2 Å². The van der Waals surface area contributed by atoms with Gasteiger partial charge in [-0.1, -0.05) is 11.6 Å². The highest BCUT2D eigenvalue weighted by Crippen LogP contribution is 2.24. The van der Waals surface area contributed by atoms with E-state index in [9.17, 15) is 18.0 Å². The van der Waals surface area contributed by atoms with E-state index in [2.05, 4.69) is 4.74 Å². The molecule has 6 heteroatoms. The van der Waals surface area contributed by atoms with E-state index in [4.69, 9.17) is 11.6 Å². The van der Waals surface area contributed by atoms with Crippen LogP contribution in [-0.2, 0) is 9.53 Å². The highest BCUT2D eigenvalue weighted by Gasteiger charge is 2.41. The van der Waals surface area contributed by atoms with Crippen molar-refractivity contribution in [3.8, 4) is 0 Å². The number of halogens is 4. The molecule has 0 heterocycles. The Morgan fingerprint density at radius 2 is 1.92 bits per heavy atom. The number of ketones is 1. The molecule has 0 saturated carbocycles. The van der Waals surface area contributed by atoms with Crippen molar-refractivity contribution in [2.24, 2.45) is 0 Å². The van der Waals surface area contributed by atoms with Gasteiger partial charge in [0.05, 0.1) is 6.61 Å². The molecule has 0 aliphatic carbocycles. The van der Waals surface area contributed by atoms with Crippen LogP contribution < -0.4 is 0 Å². The minimum atomic E-state index is -4.95. The molecule has 0 aliphatic rings. The summed E-state index contributed by atoms with van der Waals surface area (Å²) in [5, 5.41) is -0.922. The van der Waals surface area contributed by atoms with Crippen molar-refractivity contribution in [1.82, 2.24) is 0 Å². The van der Waals surface area contributed by atoms with Crippen molar-refractivity contribution in [1.29, 1.82) is 0 Å². The molecule has 0 rings (SSSR count). The second-order valence-corrected chi connectivity index (χ2v) is 2.51. The van der Waals surface area contributed by atoms with E-state index in [1.165, 1.54) is 6.92 Å². The van der Waals surface area contributed by atoms with Gasteiger partial charge in [0, 0.05) is 0 Å². The van der Waals surface area contributed by atoms with Crippen LogP contribution in [0.5, 0.6) is 0 Å². The van der Waals surface area contributed by atoms with Crippen LogP contribution >= 0.6 is 11.6 Å². The Balaban J connectivity index is 4.68. The average Bonchev–Trinajstić information content (AvgIpc) is 2.00. The number of hydrogen-bond acceptors (Lipinski definition) is 2. The molecule has 0 fully saturated rings. The van der Waals surface area contributed by atoms with Crippen molar-refractivity contribution in [2.75, 3.05) is 6.61 Å². The van der Waals surface area contributed by atoms with E-state index >= 15 is 0 Å². The summed E-state index contributed by atoms with van der Waals surface area (Å²) in [7, 11) is 0. The Morgan fingerprint density at radius 1 is 1.46 bits per heavy atom. The van der Waals surface area contributed by atoms with Crippen LogP contribution in [0, 0.1) is 0 Å². The molecule has 76 valence electrons. The fourth-order valence-electron chi connectivity index (χ4n) is 0.564. The van der Waals surface area contributed by atoms with Gasteiger partial charge in [0.15, 0.2) is 0 Å². The molecule has 2 nitrogen and oxygen atoms in total. The molecule has 0 aliphatic heterocycles. The fraction of sp³-hybridized carbons (Fsp3) is 0.571. The highest BCUT2D eigenvalue weighted by atomic mass is 35.5. The maximum absolute atomic E-state index is 11.8. The minimum Gasteiger partial charge on any atom is -0.497 e. The number of allylic oxidation sites excluding steroid dienone is 2. The second-order valence-electron chi connectivity index (χ2n) is 2.13. The summed E-state index contributed by atoms with van der Waals surface area (Å²) in [5.41, 5.74) is 0. The molecule has 0 bridgehead atoms. The van der Waals surface area contributed by atoms with Crippen LogP contribution in [0.15, 0.2) is 10.8 Å². The molecule has 0 N–H and O–H groups in total. The van der Waals surface area contributed by atoms with Crippen LogP contribution in [0.3, 0.4) is 0 Å². The molecular formula is C7H8ClF3O2. The quantitative estimate of drug-likeness (QED) is 0.536. The number of carbonyl (C=O) groups is 1. The van der Waals surface area contributed by atoms with Crippen LogP contribution in [0.4, 0.5) is 13.2 Å². The zero-order valence-electron chi connectivity index (χ0n) is 7.04. The second kappa shape index (κ2) is 4.50. The Morgan fingerprint density at radius 3 is 2.23 bits per heavy atom. The predicted octanol–water partition coefficient (Wildman–Crippen LogP) is 2.62. The third kappa shape index (κ3) is 3.67. The number of carbonyl (C=O) groups excluding carboxylic acids is 1. The molecular weight excluding hydrogens is 209 g/mol. The number of ether oxygens (including phenoxy) is 1. The van der Waals surface area contributed by atoms with Gasteiger partial charge in [-0.15, -0.1) is 0 Å². The lowest BCUT2D eigenvalue weighted by Gasteiger charge is -2.07. The summed E-state index contributed by atoms with van der Waals surface area (Å²) in [6, 6.07) is 0. The largest absolute Gasteiger partial charge is 0.497 e. The van der Waals surface area contributed by atoms with Gasteiger partial charge in [-0.05, 0) is 13.8 Å². The lowest BCUT2D eigenvalue weighted by molar-refractivity contribution is -0.166. The van der Waals surface area contributed by atoms with Crippen LogP contribution in [0.25, 0.3) is 0 Å². The van der Waals surface area contributed by atoms with Gasteiger partial charge in [0.1, 0.15) is 10.8 Å². The van der Waals surface area contributed by atoms with E-state index in [1.54, 1.807) is 6.92 Å². The Bertz CT molecular complexity index is 232. The summed E-state index contributed by atoms with van der Waals surface area (Å²) in [6.45, 7) is 2.94. The van der Waals surface area contributed by atoms with Crippen LogP contribution in [0.2, 0.25) is 0 Å². The molecule has 0 saturated heterocycles. The average molecular weight is 217 g/mol. The minimum absolute atomic E-state index is 0.160. The number of Topliss-reactive ketones (excluding diaryl/α,β-unsaturated/α-hetero) is 1. The van der Waals surface area contributed by atoms with E-state index < -0.39 is 17.0 Å². The van der Waals surface area contributed by atoms with Crippen LogP contribution in [-0.4, -0.2) is 18.6 Å². The normalized spacial score (nSPS) is 13.7. The zero-order chi connectivity index (χ0) is 10.6. The number of alkyl halides is 3. The Labute approximate surface area is 78.3 Å². The topological polar surface area (TPSA) is 26.3 Å². The van der Waals surface area contributed by atoms with Gasteiger partial charge in [-0.3, -0.25) is 4.79 Å². The van der Waals surface area contributed by atoms with Gasteiger partial charge < -0.3 is 4.74 Å². The molecule has 13 heavy (non-hydrogen) atoms. The first-order valence-corrected chi connectivity index (χ1v) is 3.79. The zero-order valence-corrected chi connectivity index (χ0v) is 7.79. The summed E-state index contributed by atoms with van der Waals surface area (Å²) >= 11 is 5.13. The first kappa shape index (κ1) is 12.3. The summed E-state index contributed by atoms with van der Waals surface area (Å²) < 4.78 is 40.0. The molecule has 0 aromatic heterocycles. The lowest BCUT2D eigenvalue weighted by Crippen LogP contribution is -2.23. The van der Waals surface area contributed by atoms with Crippen molar-refractivity contribution in [3.63, 3.8) is 0 Å². The standard InChI is InChI=1S/C7H8ClF3O2/c1-3-13-4(2)5(8)6(12)7(9,10)11/h3H2,1-2H3/b5-4-. The third-order valence-electron chi connectivity index (χ3n) is 1.13. The molecule has 0 atom stereocenters. The summed E-state index contributed by atoms with van der Waals surface area (Å²) in [6.07, 6.45) is -4.95. The maximum Gasteiger partial charge on any atom is 0.455 e. The van der Waals surface area contributed by atoms with Crippen molar-refractivity contribution < 1.29 is 22.7 Å². The smallest absolute Gasteiger partial charge is 0.455 e. The monoisotopic (exact) mass is 216 g/mol. The van der Waals surface area contributed by atoms with Gasteiger partial charge in [-0.25, -0.2) is 0 Å². The van der Waals surface area contributed by atoms with E-state index in [0.717, 1.165) is 0 Å². The molecule has 0 spiro atoms. The molecule has 0 unspecified atom stereocenters. The molecule has 0 amide bonds. The predicted molar refractivity (Wildman–Crippen MR) is 41.2 cm³/mol. The maximum atomic E-state index is 11.8. The summed E-state index contributed by atoms with van der Waals surface area (Å²) in [4.78, 5) is 10.5. The fourth-order valence-corrected chi connectivity index (χ4v) is 0.726. The molecule has 0 aromatic carbocycles. The summed E-state index contributed by atoms with van der Waals surface area (Å²) in [5.74, 6) is -2.30. The number of rotatable bonds is 3. The first-order valence-electron chi connectivity index (χ1n) is 3.41. The Hall–Kier alpha value is -0.710. The van der Waals surface area contributed by atoms with Crippen molar-refractivity contribution in [3.05, 3.63) is 10.8 Å². The van der Waals surface area contributed by atoms with Gasteiger partial charge in [0.2, 0.25) is 0 Å². The van der Waals surface area contributed by atoms with Crippen LogP contribution in [0.1, 0.15) is 13.8 Å². The molecule has 0 aromatic rings. The highest BCUT2D eigenvalue weighted by molar-refractivity contribution is 6.43. The third-order valence-corrected chi connectivity index (χ3v) is 1.56. The Kier molecular flexibility index (Phi) is 4.26. The molecule has 0 radical (unpaired) electrons. The lowest BCUT2D eigenvalue weighted by atomic mass is 10.3. The van der Waals surface area contributed by atoms with Gasteiger partial charge >= 0.3 is 6.18 Å². The number of hydrogen-bond donors (Lipinski definition) is 0.